The van der Waals surface area contributed by atoms with Crippen molar-refractivity contribution in [1.29, 1.82) is 0 Å². The van der Waals surface area contributed by atoms with Gasteiger partial charge in [0, 0.05) is 25.4 Å². The minimum atomic E-state index is 0.215. The van der Waals surface area contributed by atoms with Crippen LogP contribution in [-0.4, -0.2) is 28.6 Å². The van der Waals surface area contributed by atoms with E-state index in [1.54, 1.807) is 0 Å². The highest BCUT2D eigenvalue weighted by Crippen LogP contribution is 2.29. The molecule has 0 aliphatic heterocycles. The fourth-order valence-corrected chi connectivity index (χ4v) is 4.16. The molecular formula is C27H35N3O2. The van der Waals surface area contributed by atoms with Gasteiger partial charge in [-0.05, 0) is 67.9 Å². The van der Waals surface area contributed by atoms with Gasteiger partial charge in [-0.25, -0.2) is 4.98 Å². The smallest absolute Gasteiger partial charge is 0.223 e. The first-order valence-electron chi connectivity index (χ1n) is 12.0. The molecule has 0 spiro atoms. The Morgan fingerprint density at radius 1 is 1.19 bits per heavy atom. The molecule has 1 aliphatic rings. The summed E-state index contributed by atoms with van der Waals surface area (Å²) in [6.07, 6.45) is 4.77. The van der Waals surface area contributed by atoms with Crippen molar-refractivity contribution in [2.24, 2.45) is 5.92 Å². The third-order valence-corrected chi connectivity index (χ3v) is 6.13. The number of fused-ring (bicyclic) bond motifs is 1. The molecule has 0 unspecified atom stereocenters. The Morgan fingerprint density at radius 2 is 2.00 bits per heavy atom. The average molecular weight is 434 g/mol. The molecule has 0 saturated heterocycles. The van der Waals surface area contributed by atoms with Crippen molar-refractivity contribution in [2.75, 3.05) is 13.2 Å². The number of imidazole rings is 1. The monoisotopic (exact) mass is 433 g/mol. The quantitative estimate of drug-likeness (QED) is 0.412. The molecule has 32 heavy (non-hydrogen) atoms. The van der Waals surface area contributed by atoms with Crippen molar-refractivity contribution in [1.82, 2.24) is 14.9 Å². The molecule has 4 rings (SSSR count). The zero-order valence-electron chi connectivity index (χ0n) is 19.6. The fourth-order valence-electron chi connectivity index (χ4n) is 4.16. The number of para-hydroxylation sites is 2. The first-order chi connectivity index (χ1) is 15.5. The second-order valence-electron chi connectivity index (χ2n) is 9.24. The van der Waals surface area contributed by atoms with Gasteiger partial charge in [0.2, 0.25) is 5.91 Å². The molecule has 1 saturated carbocycles. The number of carbonyl (C=O) groups is 1. The fraction of sp³-hybridized carbons (Fsp3) is 0.481. The van der Waals surface area contributed by atoms with Crippen LogP contribution in [0.15, 0.2) is 42.5 Å². The predicted octanol–water partition coefficient (Wildman–Crippen LogP) is 5.40. The van der Waals surface area contributed by atoms with Crippen LogP contribution in [0.1, 0.15) is 62.4 Å². The Balaban J connectivity index is 1.36. The molecule has 1 fully saturated rings. The number of amides is 1. The molecular weight excluding hydrogens is 398 g/mol. The van der Waals surface area contributed by atoms with Crippen LogP contribution in [0.2, 0.25) is 0 Å². The van der Waals surface area contributed by atoms with Crippen molar-refractivity contribution in [3.8, 4) is 5.75 Å². The lowest BCUT2D eigenvalue weighted by Gasteiger charge is -2.15. The van der Waals surface area contributed by atoms with Crippen molar-refractivity contribution in [2.45, 2.75) is 65.3 Å². The maximum absolute atomic E-state index is 11.9. The predicted molar refractivity (Wildman–Crippen MR) is 129 cm³/mol. The van der Waals surface area contributed by atoms with Gasteiger partial charge in [-0.2, -0.15) is 0 Å². The van der Waals surface area contributed by atoms with Gasteiger partial charge in [0.05, 0.1) is 17.6 Å². The maximum atomic E-state index is 11.9. The lowest BCUT2D eigenvalue weighted by atomic mass is 10.0. The topological polar surface area (TPSA) is 56.1 Å². The number of carbonyl (C=O) groups excluding carboxylic acids is 1. The Hall–Kier alpha value is -2.82. The zero-order chi connectivity index (χ0) is 22.5. The van der Waals surface area contributed by atoms with E-state index in [-0.39, 0.29) is 11.8 Å². The molecule has 1 aliphatic carbocycles. The van der Waals surface area contributed by atoms with Gasteiger partial charge in [0.25, 0.3) is 0 Å². The second-order valence-corrected chi connectivity index (χ2v) is 9.24. The Morgan fingerprint density at radius 3 is 2.78 bits per heavy atom. The van der Waals surface area contributed by atoms with E-state index in [0.29, 0.717) is 19.1 Å². The standard InChI is InChI=1S/C27H35N3O2/c1-19(2)22-14-11-20(3)18-25(22)32-17-7-16-30-24-9-5-4-8-23(24)29-26(30)10-6-15-28-27(31)21-12-13-21/h4-5,8-9,11,14,18-19,21H,6-7,10,12-13,15-17H2,1-3H3,(H,28,31). The van der Waals surface area contributed by atoms with E-state index in [1.165, 1.54) is 16.6 Å². The second kappa shape index (κ2) is 10.2. The minimum absolute atomic E-state index is 0.215. The molecule has 170 valence electrons. The van der Waals surface area contributed by atoms with Crippen LogP contribution in [0.5, 0.6) is 5.75 Å². The largest absolute Gasteiger partial charge is 0.493 e. The molecule has 0 bridgehead atoms. The van der Waals surface area contributed by atoms with E-state index in [9.17, 15) is 4.79 Å². The summed E-state index contributed by atoms with van der Waals surface area (Å²) in [6.45, 7) is 8.77. The molecule has 2 aromatic carbocycles. The van der Waals surface area contributed by atoms with Crippen LogP contribution in [0.4, 0.5) is 0 Å². The third kappa shape index (κ3) is 5.50. The first kappa shape index (κ1) is 22.4. The van der Waals surface area contributed by atoms with Crippen molar-refractivity contribution in [3.63, 3.8) is 0 Å². The van der Waals surface area contributed by atoms with Gasteiger partial charge < -0.3 is 14.6 Å². The summed E-state index contributed by atoms with van der Waals surface area (Å²) in [5.41, 5.74) is 4.69. The molecule has 1 N–H and O–H groups in total. The van der Waals surface area contributed by atoms with E-state index in [0.717, 1.165) is 55.7 Å². The zero-order valence-corrected chi connectivity index (χ0v) is 19.6. The molecule has 5 nitrogen and oxygen atoms in total. The lowest BCUT2D eigenvalue weighted by Crippen LogP contribution is -2.26. The lowest BCUT2D eigenvalue weighted by molar-refractivity contribution is -0.122. The molecule has 1 aromatic heterocycles. The number of aromatic nitrogens is 2. The summed E-state index contributed by atoms with van der Waals surface area (Å²) in [4.78, 5) is 16.7. The number of hydrogen-bond donors (Lipinski definition) is 1. The van der Waals surface area contributed by atoms with Crippen molar-refractivity contribution in [3.05, 3.63) is 59.4 Å². The number of rotatable bonds is 11. The van der Waals surface area contributed by atoms with Gasteiger partial charge in [-0.15, -0.1) is 0 Å². The highest BCUT2D eigenvalue weighted by molar-refractivity contribution is 5.80. The van der Waals surface area contributed by atoms with Crippen LogP contribution in [0.25, 0.3) is 11.0 Å². The third-order valence-electron chi connectivity index (χ3n) is 6.13. The summed E-state index contributed by atoms with van der Waals surface area (Å²) in [5, 5.41) is 3.06. The van der Waals surface area contributed by atoms with E-state index in [2.05, 4.69) is 67.1 Å². The summed E-state index contributed by atoms with van der Waals surface area (Å²) in [5.74, 6) is 3.01. The van der Waals surface area contributed by atoms with Crippen molar-refractivity contribution < 1.29 is 9.53 Å². The minimum Gasteiger partial charge on any atom is -0.493 e. The van der Waals surface area contributed by atoms with Crippen LogP contribution in [-0.2, 0) is 17.8 Å². The molecule has 1 amide bonds. The van der Waals surface area contributed by atoms with Gasteiger partial charge in [0.15, 0.2) is 0 Å². The number of aryl methyl sites for hydroxylation is 3. The maximum Gasteiger partial charge on any atom is 0.223 e. The van der Waals surface area contributed by atoms with E-state index >= 15 is 0 Å². The Labute approximate surface area is 191 Å². The van der Waals surface area contributed by atoms with Crippen LogP contribution in [0.3, 0.4) is 0 Å². The van der Waals surface area contributed by atoms with Crippen LogP contribution in [0, 0.1) is 12.8 Å². The average Bonchev–Trinajstić information content (AvgIpc) is 3.57. The van der Waals surface area contributed by atoms with Crippen LogP contribution < -0.4 is 10.1 Å². The van der Waals surface area contributed by atoms with Crippen LogP contribution >= 0.6 is 0 Å². The van der Waals surface area contributed by atoms with Gasteiger partial charge in [-0.3, -0.25) is 4.79 Å². The highest BCUT2D eigenvalue weighted by Gasteiger charge is 2.29. The number of hydrogen-bond acceptors (Lipinski definition) is 3. The Bertz CT molecular complexity index is 1070. The van der Waals surface area contributed by atoms with E-state index < -0.39 is 0 Å². The molecule has 5 heteroatoms. The molecule has 0 radical (unpaired) electrons. The highest BCUT2D eigenvalue weighted by atomic mass is 16.5. The summed E-state index contributed by atoms with van der Waals surface area (Å²) in [7, 11) is 0. The number of ether oxygens (including phenoxy) is 1. The summed E-state index contributed by atoms with van der Waals surface area (Å²) < 4.78 is 8.52. The SMILES string of the molecule is Cc1ccc(C(C)C)c(OCCCn2c(CCCNC(=O)C3CC3)nc3ccccc32)c1. The van der Waals surface area contributed by atoms with Gasteiger partial charge in [0.1, 0.15) is 11.6 Å². The Kier molecular flexibility index (Phi) is 7.13. The molecule has 1 heterocycles. The van der Waals surface area contributed by atoms with E-state index in [4.69, 9.17) is 9.72 Å². The van der Waals surface area contributed by atoms with Crippen molar-refractivity contribution >= 4 is 16.9 Å². The van der Waals surface area contributed by atoms with E-state index in [1.807, 2.05) is 6.07 Å². The van der Waals surface area contributed by atoms with Gasteiger partial charge in [-0.1, -0.05) is 38.1 Å². The molecule has 0 atom stereocenters. The number of nitrogens with one attached hydrogen (secondary N) is 1. The first-order valence-corrected chi connectivity index (χ1v) is 12.0. The number of nitrogens with zero attached hydrogens (tertiary/aromatic N) is 2. The summed E-state index contributed by atoms with van der Waals surface area (Å²) >= 11 is 0. The molecule has 3 aromatic rings. The number of benzene rings is 2. The summed E-state index contributed by atoms with van der Waals surface area (Å²) in [6, 6.07) is 14.8. The van der Waals surface area contributed by atoms with Gasteiger partial charge >= 0.3 is 0 Å². The normalized spacial score (nSPS) is 13.6.